The van der Waals surface area contributed by atoms with Crippen LogP contribution < -0.4 is 0 Å². The van der Waals surface area contributed by atoms with Crippen LogP contribution in [0.1, 0.15) is 20.8 Å². The molecule has 6 unspecified atom stereocenters. The van der Waals surface area contributed by atoms with Crippen molar-refractivity contribution in [2.24, 2.45) is 0 Å². The molecule has 4 fully saturated rings. The number of aliphatic hydroxyl groups excluding tert-OH is 4. The van der Waals surface area contributed by atoms with Crippen LogP contribution in [0.3, 0.4) is 0 Å². The maximum absolute atomic E-state index is 9.59. The zero-order chi connectivity index (χ0) is 30.5. The van der Waals surface area contributed by atoms with E-state index in [4.69, 9.17) is 55.8 Å². The van der Waals surface area contributed by atoms with E-state index in [1.807, 2.05) is 20.8 Å². The Kier molecular flexibility index (Phi) is 18.0. The van der Waals surface area contributed by atoms with Crippen molar-refractivity contribution in [1.29, 1.82) is 0 Å². The van der Waals surface area contributed by atoms with Gasteiger partial charge in [-0.25, -0.2) is 0 Å². The van der Waals surface area contributed by atoms with Crippen molar-refractivity contribution in [2.45, 2.75) is 94.3 Å². The van der Waals surface area contributed by atoms with Gasteiger partial charge in [0.2, 0.25) is 0 Å². The Labute approximate surface area is 256 Å². The molecule has 40 heavy (non-hydrogen) atoms. The van der Waals surface area contributed by atoms with E-state index >= 15 is 0 Å². The second-order valence-electron chi connectivity index (χ2n) is 8.90. The summed E-state index contributed by atoms with van der Waals surface area (Å²) in [6.07, 6.45) is 2.20. The highest BCUT2D eigenvalue weighted by Gasteiger charge is 2.58. The quantitative estimate of drug-likeness (QED) is 0.233. The van der Waals surface area contributed by atoms with Crippen molar-refractivity contribution in [3.63, 3.8) is 0 Å². The van der Waals surface area contributed by atoms with Crippen LogP contribution >= 0.6 is 0 Å². The van der Waals surface area contributed by atoms with Gasteiger partial charge >= 0.3 is 0 Å². The zero-order valence-corrected chi connectivity index (χ0v) is 26.0. The van der Waals surface area contributed by atoms with Gasteiger partial charge in [-0.15, -0.1) is 12.8 Å². The van der Waals surface area contributed by atoms with Crippen LogP contribution in [0.5, 0.6) is 0 Å². The van der Waals surface area contributed by atoms with Crippen molar-refractivity contribution in [1.82, 2.24) is 0 Å². The number of hydrogen-bond acceptors (Lipinski definition) is 16. The number of ether oxygens (including phenoxy) is 8. The molecule has 4 aliphatic rings. The fraction of sp³-hybridized carbons (Fsp3) is 0.826. The average Bonchev–Trinajstić information content (AvgIpc) is 3.58. The first-order valence-corrected chi connectivity index (χ1v) is 15.8. The van der Waals surface area contributed by atoms with E-state index in [0.29, 0.717) is 6.61 Å². The fourth-order valence-corrected chi connectivity index (χ4v) is 4.27. The van der Waals surface area contributed by atoms with E-state index < -0.39 is 49.4 Å². The Balaban J connectivity index is 0.000000356. The molecule has 11 atom stereocenters. The van der Waals surface area contributed by atoms with Crippen molar-refractivity contribution in [3.05, 3.63) is 0 Å². The van der Waals surface area contributed by atoms with Gasteiger partial charge in [-0.05, 0) is 20.8 Å². The van der Waals surface area contributed by atoms with Crippen molar-refractivity contribution >= 4 is 53.6 Å². The van der Waals surface area contributed by atoms with E-state index in [-0.39, 0.29) is 43.9 Å². The molecule has 228 valence electrons. The van der Waals surface area contributed by atoms with Gasteiger partial charge < -0.3 is 58.3 Å². The summed E-state index contributed by atoms with van der Waals surface area (Å²) in [7, 11) is 0.917. The molecule has 0 spiro atoms. The zero-order valence-electron chi connectivity index (χ0n) is 21.9. The number of hydrogen-bond donors (Lipinski definition) is 4. The van der Waals surface area contributed by atoms with Crippen molar-refractivity contribution < 1.29 is 58.3 Å². The number of aliphatic hydroxyl groups is 4. The topological polar surface area (TPSA) is 155 Å². The highest BCUT2D eigenvalue weighted by atomic mass is 33.1. The molecule has 0 bridgehead atoms. The Hall–Kier alpha value is -0.260. The standard InChI is InChI=1S/C14H20O6.C9H14O6.S3.S2/c1-5-6-15-11-10(9-7-16-8(2)17-9)18-13-12(11)19-14(3,4)20-13;1-2-3-14-8-6(11)5(4-10)15-9(13)7(8)12;1-3-2;1-2/h1,8-13H,6-7H2,2-4H3;1,5-13H,3-4H2;;/t8?,9-,10+,11-,12+,13+;;;/m0.../s1. The maximum atomic E-state index is 9.59. The van der Waals surface area contributed by atoms with E-state index in [2.05, 4.69) is 56.6 Å². The molecule has 0 amide bonds. The van der Waals surface area contributed by atoms with Crippen molar-refractivity contribution in [3.8, 4) is 24.7 Å². The van der Waals surface area contributed by atoms with E-state index in [0.717, 1.165) is 8.88 Å². The monoisotopic (exact) mass is 662 g/mol. The molecule has 0 saturated carbocycles. The molecule has 4 N–H and O–H groups in total. The molecule has 4 aliphatic heterocycles. The summed E-state index contributed by atoms with van der Waals surface area (Å²) in [5.74, 6) is 3.96. The maximum Gasteiger partial charge on any atom is 0.190 e. The van der Waals surface area contributed by atoms with Crippen molar-refractivity contribution in [2.75, 3.05) is 26.4 Å². The SMILES string of the molecule is C#CCOC1C(O)C(O)OC(CO)C1O.C#CCO[C@@H]1[C@H]2OC(C)(C)O[C@H]2O[C@@H]1[C@@H]1COC(C)O1.S=S.S=S=S. The number of terminal acetylenes is 2. The highest BCUT2D eigenvalue weighted by Crippen LogP contribution is 2.40. The summed E-state index contributed by atoms with van der Waals surface area (Å²) in [6.45, 7) is 5.61. The third-order valence-corrected chi connectivity index (χ3v) is 5.81. The lowest BCUT2D eigenvalue weighted by molar-refractivity contribution is -0.292. The lowest BCUT2D eigenvalue weighted by Crippen LogP contribution is -2.59. The first-order chi connectivity index (χ1) is 19.0. The number of fused-ring (bicyclic) bond motifs is 1. The first-order valence-electron chi connectivity index (χ1n) is 11.8. The molecule has 0 radical (unpaired) electrons. The lowest BCUT2D eigenvalue weighted by atomic mass is 9.99. The third kappa shape index (κ3) is 10.8. The molecule has 0 aromatic heterocycles. The smallest absolute Gasteiger partial charge is 0.190 e. The summed E-state index contributed by atoms with van der Waals surface area (Å²) in [5, 5.41) is 37.1. The summed E-state index contributed by atoms with van der Waals surface area (Å²) in [5.41, 5.74) is 0. The minimum absolute atomic E-state index is 0.107. The predicted octanol–water partition coefficient (Wildman–Crippen LogP) is -1.93. The second kappa shape index (κ2) is 19.1. The minimum atomic E-state index is -1.51. The van der Waals surface area contributed by atoms with E-state index in [1.165, 1.54) is 0 Å². The minimum Gasteiger partial charge on any atom is -0.394 e. The van der Waals surface area contributed by atoms with Crippen LogP contribution in [-0.2, 0) is 91.5 Å². The third-order valence-electron chi connectivity index (χ3n) is 5.81. The van der Waals surface area contributed by atoms with Gasteiger partial charge in [0, 0.05) is 53.6 Å². The summed E-state index contributed by atoms with van der Waals surface area (Å²) < 4.78 is 44.0. The predicted molar refractivity (Wildman–Crippen MR) is 153 cm³/mol. The van der Waals surface area contributed by atoms with Gasteiger partial charge in [0.05, 0.1) is 13.2 Å². The number of rotatable bonds is 6. The molecular formula is C23H34O12S5. The largest absolute Gasteiger partial charge is 0.394 e. The molecule has 17 heteroatoms. The highest BCUT2D eigenvalue weighted by molar-refractivity contribution is 8.37. The molecule has 0 aromatic carbocycles. The fourth-order valence-electron chi connectivity index (χ4n) is 4.27. The van der Waals surface area contributed by atoms with E-state index in [9.17, 15) is 15.3 Å². The Morgan fingerprint density at radius 3 is 2.00 bits per heavy atom. The van der Waals surface area contributed by atoms with Crippen LogP contribution in [0.2, 0.25) is 0 Å². The molecule has 0 aromatic rings. The first kappa shape index (κ1) is 37.8. The summed E-state index contributed by atoms with van der Waals surface area (Å²) in [4.78, 5) is 0. The van der Waals surface area contributed by atoms with Gasteiger partial charge in [0.15, 0.2) is 24.7 Å². The molecule has 12 nitrogen and oxygen atoms in total. The van der Waals surface area contributed by atoms with Crippen LogP contribution in [0.25, 0.3) is 0 Å². The molecule has 4 rings (SSSR count). The van der Waals surface area contributed by atoms with Gasteiger partial charge in [0.25, 0.3) is 0 Å². The van der Waals surface area contributed by atoms with Crippen LogP contribution in [-0.4, -0.2) is 120 Å². The summed E-state index contributed by atoms with van der Waals surface area (Å²) >= 11 is 15.6. The second-order valence-corrected chi connectivity index (χ2v) is 10.7. The van der Waals surface area contributed by atoms with Crippen LogP contribution in [0.4, 0.5) is 0 Å². The van der Waals surface area contributed by atoms with Gasteiger partial charge in [0.1, 0.15) is 62.0 Å². The molecular weight excluding hydrogens is 629 g/mol. The van der Waals surface area contributed by atoms with Gasteiger partial charge in [-0.3, -0.25) is 0 Å². The summed E-state index contributed by atoms with van der Waals surface area (Å²) in [6, 6.07) is 0. The van der Waals surface area contributed by atoms with Gasteiger partial charge in [-0.2, -0.15) is 0 Å². The average molecular weight is 663 g/mol. The van der Waals surface area contributed by atoms with Crippen LogP contribution in [0, 0.1) is 24.7 Å². The molecule has 4 heterocycles. The normalized spacial score (nSPS) is 39.0. The lowest BCUT2D eigenvalue weighted by Gasteiger charge is -2.39. The Bertz CT molecular complexity index is 879. The van der Waals surface area contributed by atoms with E-state index in [1.54, 1.807) is 0 Å². The Morgan fingerprint density at radius 2 is 1.50 bits per heavy atom. The van der Waals surface area contributed by atoms with Crippen LogP contribution in [0.15, 0.2) is 0 Å². The molecule has 4 saturated heterocycles. The molecule has 0 aliphatic carbocycles. The van der Waals surface area contributed by atoms with Gasteiger partial charge in [-0.1, -0.05) is 11.8 Å². The Morgan fingerprint density at radius 1 is 0.925 bits per heavy atom.